The zero-order chi connectivity index (χ0) is 13.9. The molecule has 0 amide bonds. The van der Waals surface area contributed by atoms with E-state index >= 15 is 0 Å². The van der Waals surface area contributed by atoms with Crippen LogP contribution in [0.5, 0.6) is 5.75 Å². The molecule has 1 saturated carbocycles. The number of benzene rings is 1. The van der Waals surface area contributed by atoms with Crippen molar-refractivity contribution >= 4 is 23.0 Å². The third-order valence-electron chi connectivity index (χ3n) is 3.90. The van der Waals surface area contributed by atoms with Crippen LogP contribution in [-0.4, -0.2) is 49.3 Å². The number of nitrogens with one attached hydrogen (secondary N) is 1. The SMILES string of the molecule is COc1ccccc1N1CCN(C(=S)NC2CC2)CC1. The molecule has 1 aliphatic heterocycles. The molecule has 1 heterocycles. The topological polar surface area (TPSA) is 27.7 Å². The van der Waals surface area contributed by atoms with Gasteiger partial charge in [0.2, 0.25) is 0 Å². The minimum atomic E-state index is 0.634. The van der Waals surface area contributed by atoms with E-state index in [0.717, 1.165) is 37.0 Å². The van der Waals surface area contributed by atoms with Gasteiger partial charge in [0.15, 0.2) is 5.11 Å². The van der Waals surface area contributed by atoms with Gasteiger partial charge < -0.3 is 19.9 Å². The van der Waals surface area contributed by atoms with Crippen molar-refractivity contribution in [1.82, 2.24) is 10.2 Å². The van der Waals surface area contributed by atoms with Crippen LogP contribution in [0.3, 0.4) is 0 Å². The maximum absolute atomic E-state index is 5.47. The molecule has 0 radical (unpaired) electrons. The summed E-state index contributed by atoms with van der Waals surface area (Å²) in [6, 6.07) is 8.84. The standard InChI is InChI=1S/C15H21N3OS/c1-19-14-5-3-2-4-13(14)17-8-10-18(11-9-17)15(20)16-12-6-7-12/h2-5,12H,6-11H2,1H3,(H,16,20). The Morgan fingerprint density at radius 3 is 2.55 bits per heavy atom. The van der Waals surface area contributed by atoms with Crippen molar-refractivity contribution in [3.63, 3.8) is 0 Å². The Bertz CT molecular complexity index is 482. The van der Waals surface area contributed by atoms with E-state index in [-0.39, 0.29) is 0 Å². The normalized spacial score (nSPS) is 18.9. The lowest BCUT2D eigenvalue weighted by molar-refractivity contribution is 0.373. The van der Waals surface area contributed by atoms with Gasteiger partial charge in [-0.2, -0.15) is 0 Å². The average Bonchev–Trinajstić information content (AvgIpc) is 3.31. The lowest BCUT2D eigenvalue weighted by Gasteiger charge is -2.37. The maximum Gasteiger partial charge on any atom is 0.169 e. The molecule has 3 rings (SSSR count). The third kappa shape index (κ3) is 2.98. The summed E-state index contributed by atoms with van der Waals surface area (Å²) in [6.45, 7) is 3.90. The highest BCUT2D eigenvalue weighted by molar-refractivity contribution is 7.80. The van der Waals surface area contributed by atoms with Gasteiger partial charge in [0.05, 0.1) is 12.8 Å². The first kappa shape index (κ1) is 13.5. The molecule has 0 unspecified atom stereocenters. The quantitative estimate of drug-likeness (QED) is 0.858. The Balaban J connectivity index is 1.58. The number of para-hydroxylation sites is 2. The van der Waals surface area contributed by atoms with Crippen molar-refractivity contribution in [2.75, 3.05) is 38.2 Å². The van der Waals surface area contributed by atoms with Gasteiger partial charge in [-0.3, -0.25) is 0 Å². The van der Waals surface area contributed by atoms with Gasteiger partial charge in [-0.05, 0) is 37.2 Å². The summed E-state index contributed by atoms with van der Waals surface area (Å²) in [4.78, 5) is 4.65. The molecule has 1 N–H and O–H groups in total. The summed E-state index contributed by atoms with van der Waals surface area (Å²) in [5, 5.41) is 4.34. The Morgan fingerprint density at radius 2 is 1.90 bits per heavy atom. The van der Waals surface area contributed by atoms with Gasteiger partial charge in [-0.1, -0.05) is 12.1 Å². The Hall–Kier alpha value is -1.49. The smallest absolute Gasteiger partial charge is 0.169 e. The van der Waals surface area contributed by atoms with Gasteiger partial charge in [0.25, 0.3) is 0 Å². The van der Waals surface area contributed by atoms with Crippen LogP contribution in [0.1, 0.15) is 12.8 Å². The van der Waals surface area contributed by atoms with Crippen molar-refractivity contribution in [2.24, 2.45) is 0 Å². The zero-order valence-corrected chi connectivity index (χ0v) is 12.7. The predicted octanol–water partition coefficient (Wildman–Crippen LogP) is 1.85. The van der Waals surface area contributed by atoms with E-state index in [0.29, 0.717) is 6.04 Å². The Morgan fingerprint density at radius 1 is 1.20 bits per heavy atom. The summed E-state index contributed by atoms with van der Waals surface area (Å²) in [5.74, 6) is 0.944. The minimum Gasteiger partial charge on any atom is -0.495 e. The fourth-order valence-electron chi connectivity index (χ4n) is 2.54. The van der Waals surface area contributed by atoms with Gasteiger partial charge in [-0.25, -0.2) is 0 Å². The van der Waals surface area contributed by atoms with Crippen LogP contribution in [0.2, 0.25) is 0 Å². The van der Waals surface area contributed by atoms with Crippen molar-refractivity contribution in [3.05, 3.63) is 24.3 Å². The second-order valence-electron chi connectivity index (χ2n) is 5.37. The number of rotatable bonds is 3. The molecule has 4 nitrogen and oxygen atoms in total. The largest absolute Gasteiger partial charge is 0.495 e. The van der Waals surface area contributed by atoms with Crippen LogP contribution < -0.4 is 15.0 Å². The summed E-state index contributed by atoms with van der Waals surface area (Å²) >= 11 is 5.47. The van der Waals surface area contributed by atoms with E-state index in [4.69, 9.17) is 17.0 Å². The molecule has 0 aromatic heterocycles. The van der Waals surface area contributed by atoms with E-state index < -0.39 is 0 Å². The van der Waals surface area contributed by atoms with Gasteiger partial charge in [0, 0.05) is 32.2 Å². The van der Waals surface area contributed by atoms with Gasteiger partial charge in [0.1, 0.15) is 5.75 Å². The molecule has 2 aliphatic rings. The summed E-state index contributed by atoms with van der Waals surface area (Å²) < 4.78 is 5.44. The van der Waals surface area contributed by atoms with Crippen LogP contribution in [-0.2, 0) is 0 Å². The number of anilines is 1. The molecule has 0 spiro atoms. The van der Waals surface area contributed by atoms with Gasteiger partial charge in [-0.15, -0.1) is 0 Å². The fraction of sp³-hybridized carbons (Fsp3) is 0.533. The second-order valence-corrected chi connectivity index (χ2v) is 5.76. The number of hydrogen-bond acceptors (Lipinski definition) is 3. The molecule has 1 aromatic rings. The van der Waals surface area contributed by atoms with E-state index in [2.05, 4.69) is 27.2 Å². The van der Waals surface area contributed by atoms with E-state index in [9.17, 15) is 0 Å². The minimum absolute atomic E-state index is 0.634. The Labute approximate surface area is 125 Å². The first-order chi connectivity index (χ1) is 9.78. The fourth-order valence-corrected chi connectivity index (χ4v) is 2.88. The average molecular weight is 291 g/mol. The first-order valence-corrected chi connectivity index (χ1v) is 7.62. The number of hydrogen-bond donors (Lipinski definition) is 1. The predicted molar refractivity (Wildman–Crippen MR) is 85.5 cm³/mol. The lowest BCUT2D eigenvalue weighted by Crippen LogP contribution is -2.52. The molecule has 1 saturated heterocycles. The number of methoxy groups -OCH3 is 1. The van der Waals surface area contributed by atoms with E-state index in [1.54, 1.807) is 7.11 Å². The molecule has 108 valence electrons. The monoisotopic (exact) mass is 291 g/mol. The van der Waals surface area contributed by atoms with Crippen LogP contribution in [0.15, 0.2) is 24.3 Å². The highest BCUT2D eigenvalue weighted by Gasteiger charge is 2.26. The van der Waals surface area contributed by atoms with Crippen LogP contribution in [0.25, 0.3) is 0 Å². The van der Waals surface area contributed by atoms with E-state index in [1.807, 2.05) is 12.1 Å². The molecule has 1 aromatic carbocycles. The molecule has 2 fully saturated rings. The molecule has 20 heavy (non-hydrogen) atoms. The second kappa shape index (κ2) is 5.87. The summed E-state index contributed by atoms with van der Waals surface area (Å²) in [6.07, 6.45) is 2.53. The molecular formula is C15H21N3OS. The highest BCUT2D eigenvalue weighted by Crippen LogP contribution is 2.28. The third-order valence-corrected chi connectivity index (χ3v) is 4.27. The van der Waals surface area contributed by atoms with E-state index in [1.165, 1.54) is 18.5 Å². The lowest BCUT2D eigenvalue weighted by atomic mass is 10.2. The molecule has 0 bridgehead atoms. The molecule has 5 heteroatoms. The molecule has 0 atom stereocenters. The number of thiocarbonyl (C=S) groups is 1. The number of piperazine rings is 1. The zero-order valence-electron chi connectivity index (χ0n) is 11.8. The number of ether oxygens (including phenoxy) is 1. The van der Waals surface area contributed by atoms with Gasteiger partial charge >= 0.3 is 0 Å². The summed E-state index contributed by atoms with van der Waals surface area (Å²) in [5.41, 5.74) is 1.18. The van der Waals surface area contributed by atoms with Crippen molar-refractivity contribution in [3.8, 4) is 5.75 Å². The molecular weight excluding hydrogens is 270 g/mol. The Kier molecular flexibility index (Phi) is 3.96. The summed E-state index contributed by atoms with van der Waals surface area (Å²) in [7, 11) is 1.73. The molecule has 1 aliphatic carbocycles. The maximum atomic E-state index is 5.47. The van der Waals surface area contributed by atoms with Crippen LogP contribution in [0.4, 0.5) is 5.69 Å². The van der Waals surface area contributed by atoms with Crippen LogP contribution >= 0.6 is 12.2 Å². The first-order valence-electron chi connectivity index (χ1n) is 7.21. The number of nitrogens with zero attached hydrogens (tertiary/aromatic N) is 2. The van der Waals surface area contributed by atoms with Crippen LogP contribution in [0, 0.1) is 0 Å². The highest BCUT2D eigenvalue weighted by atomic mass is 32.1. The van der Waals surface area contributed by atoms with Crippen molar-refractivity contribution < 1.29 is 4.74 Å². The van der Waals surface area contributed by atoms with Crippen molar-refractivity contribution in [2.45, 2.75) is 18.9 Å². The van der Waals surface area contributed by atoms with Crippen molar-refractivity contribution in [1.29, 1.82) is 0 Å².